The highest BCUT2D eigenvalue weighted by Crippen LogP contribution is 2.32. The van der Waals surface area contributed by atoms with Gasteiger partial charge in [0.25, 0.3) is 5.56 Å². The summed E-state index contributed by atoms with van der Waals surface area (Å²) in [5, 5.41) is 2.02. The molecule has 0 saturated heterocycles. The van der Waals surface area contributed by atoms with Gasteiger partial charge < -0.3 is 14.2 Å². The lowest BCUT2D eigenvalue weighted by Gasteiger charge is -2.24. The molecule has 5 rings (SSSR count). The lowest BCUT2D eigenvalue weighted by Crippen LogP contribution is -2.39. The molecule has 0 unspecified atom stereocenters. The van der Waals surface area contributed by atoms with Crippen molar-refractivity contribution in [3.63, 3.8) is 0 Å². The topological polar surface area (TPSA) is 79.1 Å². The van der Waals surface area contributed by atoms with Crippen molar-refractivity contribution in [2.75, 3.05) is 20.3 Å². The highest BCUT2D eigenvalue weighted by molar-refractivity contribution is 7.07. The molecule has 0 spiro atoms. The van der Waals surface area contributed by atoms with Gasteiger partial charge in [0.05, 0.1) is 42.2 Å². The number of aromatic nitrogens is 1. The average Bonchev–Trinajstić information content (AvgIpc) is 3.23. The summed E-state index contributed by atoms with van der Waals surface area (Å²) in [7, 11) is 1.62. The maximum atomic E-state index is 14.0. The lowest BCUT2D eigenvalue weighted by atomic mass is 9.96. The number of nitrogens with zero attached hydrogens (tertiary/aromatic N) is 2. The number of esters is 1. The third-order valence-electron chi connectivity index (χ3n) is 6.45. The van der Waals surface area contributed by atoms with Crippen LogP contribution in [0.1, 0.15) is 37.9 Å². The Morgan fingerprint density at radius 1 is 1.05 bits per heavy atom. The monoisotopic (exact) mass is 528 g/mol. The van der Waals surface area contributed by atoms with Crippen molar-refractivity contribution in [2.24, 2.45) is 4.99 Å². The number of carbonyl (C=O) groups is 1. The molecule has 0 amide bonds. The zero-order chi connectivity index (χ0) is 26.8. The summed E-state index contributed by atoms with van der Waals surface area (Å²) >= 11 is 1.29. The Morgan fingerprint density at radius 2 is 1.82 bits per heavy atom. The predicted molar refractivity (Wildman–Crippen MR) is 149 cm³/mol. The molecule has 8 heteroatoms. The molecule has 0 radical (unpaired) electrons. The van der Waals surface area contributed by atoms with Crippen LogP contribution >= 0.6 is 11.3 Å². The van der Waals surface area contributed by atoms with Crippen molar-refractivity contribution in [3.05, 3.63) is 103 Å². The van der Waals surface area contributed by atoms with Gasteiger partial charge in [0.2, 0.25) is 0 Å². The number of rotatable bonds is 7. The highest BCUT2D eigenvalue weighted by Gasteiger charge is 2.33. The van der Waals surface area contributed by atoms with Crippen LogP contribution in [-0.2, 0) is 9.53 Å². The van der Waals surface area contributed by atoms with E-state index in [0.717, 1.165) is 21.9 Å². The fraction of sp³-hybridized carbons (Fsp3) is 0.233. The first-order chi connectivity index (χ1) is 18.5. The van der Waals surface area contributed by atoms with Crippen LogP contribution in [0.4, 0.5) is 0 Å². The summed E-state index contributed by atoms with van der Waals surface area (Å²) in [5.74, 6) is 0.892. The predicted octanol–water partition coefficient (Wildman–Crippen LogP) is 4.36. The SMILES string of the molecule is CCOC(=O)C1=C(C)N=c2s/c(=C\c3c(OC)ccc4ccccc34)c(=O)n2[C@@H]1c1ccc(OCC)cc1. The molecule has 0 bridgehead atoms. The van der Waals surface area contributed by atoms with Crippen molar-refractivity contribution in [1.29, 1.82) is 0 Å². The molecule has 0 fully saturated rings. The minimum atomic E-state index is -0.683. The first-order valence-corrected chi connectivity index (χ1v) is 13.3. The number of hydrogen-bond acceptors (Lipinski definition) is 7. The van der Waals surface area contributed by atoms with E-state index in [1.54, 1.807) is 25.5 Å². The summed E-state index contributed by atoms with van der Waals surface area (Å²) in [4.78, 5) is 32.3. The first-order valence-electron chi connectivity index (χ1n) is 12.4. The molecule has 0 N–H and O–H groups in total. The molecule has 1 atom stereocenters. The van der Waals surface area contributed by atoms with Gasteiger partial charge in [-0.2, -0.15) is 0 Å². The Labute approximate surface area is 223 Å². The van der Waals surface area contributed by atoms with Crippen molar-refractivity contribution < 1.29 is 19.0 Å². The van der Waals surface area contributed by atoms with Crippen LogP contribution in [0, 0.1) is 0 Å². The smallest absolute Gasteiger partial charge is 0.338 e. The number of ether oxygens (including phenoxy) is 3. The molecular weight excluding hydrogens is 500 g/mol. The number of carbonyl (C=O) groups excluding carboxylic acids is 1. The number of allylic oxidation sites excluding steroid dienone is 1. The molecule has 7 nitrogen and oxygen atoms in total. The van der Waals surface area contributed by atoms with Gasteiger partial charge in [-0.3, -0.25) is 9.36 Å². The molecule has 3 aromatic carbocycles. The molecule has 0 saturated carbocycles. The maximum Gasteiger partial charge on any atom is 0.338 e. The summed E-state index contributed by atoms with van der Waals surface area (Å²) in [6.45, 7) is 6.21. The number of hydrogen-bond donors (Lipinski definition) is 0. The van der Waals surface area contributed by atoms with Crippen molar-refractivity contribution in [2.45, 2.75) is 26.8 Å². The third-order valence-corrected chi connectivity index (χ3v) is 7.43. The largest absolute Gasteiger partial charge is 0.496 e. The number of fused-ring (bicyclic) bond motifs is 2. The van der Waals surface area contributed by atoms with Crippen LogP contribution in [-0.4, -0.2) is 30.9 Å². The van der Waals surface area contributed by atoms with E-state index in [9.17, 15) is 9.59 Å². The second-order valence-electron chi connectivity index (χ2n) is 8.71. The van der Waals surface area contributed by atoms with Crippen molar-refractivity contribution >= 4 is 34.2 Å². The Kier molecular flexibility index (Phi) is 7.15. The van der Waals surface area contributed by atoms with Gasteiger partial charge in [-0.15, -0.1) is 0 Å². The van der Waals surface area contributed by atoms with Gasteiger partial charge >= 0.3 is 5.97 Å². The normalized spacial score (nSPS) is 15.3. The average molecular weight is 529 g/mol. The minimum Gasteiger partial charge on any atom is -0.496 e. The fourth-order valence-corrected chi connectivity index (χ4v) is 5.78. The molecule has 1 aromatic heterocycles. The van der Waals surface area contributed by atoms with Gasteiger partial charge in [-0.1, -0.05) is 53.8 Å². The Bertz CT molecular complexity index is 1730. The van der Waals surface area contributed by atoms with Crippen LogP contribution in [0.2, 0.25) is 0 Å². The molecule has 0 aliphatic carbocycles. The Hall–Kier alpha value is -4.17. The molecule has 4 aromatic rings. The van der Waals surface area contributed by atoms with Crippen molar-refractivity contribution in [1.82, 2.24) is 4.57 Å². The molecular formula is C30H28N2O5S. The minimum absolute atomic E-state index is 0.219. The number of methoxy groups -OCH3 is 1. The van der Waals surface area contributed by atoms with Crippen LogP contribution in [0.5, 0.6) is 11.5 Å². The van der Waals surface area contributed by atoms with Gasteiger partial charge in [0, 0.05) is 5.56 Å². The lowest BCUT2D eigenvalue weighted by molar-refractivity contribution is -0.139. The Balaban J connectivity index is 1.75. The zero-order valence-electron chi connectivity index (χ0n) is 21.7. The van der Waals surface area contributed by atoms with E-state index in [0.29, 0.717) is 38.7 Å². The van der Waals surface area contributed by atoms with E-state index < -0.39 is 12.0 Å². The van der Waals surface area contributed by atoms with Gasteiger partial charge in [-0.05, 0) is 61.4 Å². The first kappa shape index (κ1) is 25.5. The molecule has 38 heavy (non-hydrogen) atoms. The van der Waals surface area contributed by atoms with Gasteiger partial charge in [-0.25, -0.2) is 9.79 Å². The van der Waals surface area contributed by atoms with E-state index in [2.05, 4.69) is 4.99 Å². The van der Waals surface area contributed by atoms with E-state index in [1.165, 1.54) is 11.3 Å². The van der Waals surface area contributed by atoms with Gasteiger partial charge in [0.15, 0.2) is 4.80 Å². The Morgan fingerprint density at radius 3 is 2.53 bits per heavy atom. The summed E-state index contributed by atoms with van der Waals surface area (Å²) in [6, 6.07) is 18.6. The molecule has 2 heterocycles. The second kappa shape index (κ2) is 10.7. The van der Waals surface area contributed by atoms with Crippen molar-refractivity contribution in [3.8, 4) is 11.5 Å². The van der Waals surface area contributed by atoms with E-state index in [1.807, 2.05) is 73.7 Å². The second-order valence-corrected chi connectivity index (χ2v) is 9.72. The third kappa shape index (κ3) is 4.52. The summed E-state index contributed by atoms with van der Waals surface area (Å²) in [5.41, 5.74) is 2.21. The van der Waals surface area contributed by atoms with Crippen LogP contribution < -0.4 is 24.4 Å². The maximum absolute atomic E-state index is 14.0. The molecule has 1 aliphatic heterocycles. The van der Waals surface area contributed by atoms with Gasteiger partial charge in [0.1, 0.15) is 11.5 Å². The van der Waals surface area contributed by atoms with Crippen LogP contribution in [0.3, 0.4) is 0 Å². The number of thiazole rings is 1. The standard InChI is InChI=1S/C30H28N2O5S/c1-5-36-21-14-11-20(12-15-21)27-26(29(34)37-6-2)18(3)31-30-32(27)28(33)25(38-30)17-23-22-10-8-7-9-19(22)13-16-24(23)35-4/h7-17,27H,5-6H2,1-4H3/b25-17-/t27-/m1/s1. The molecule has 1 aliphatic rings. The zero-order valence-corrected chi connectivity index (χ0v) is 22.5. The summed E-state index contributed by atoms with van der Waals surface area (Å²) < 4.78 is 18.7. The van der Waals surface area contributed by atoms with E-state index in [-0.39, 0.29) is 12.2 Å². The number of benzene rings is 3. The quantitative estimate of drug-likeness (QED) is 0.333. The van der Waals surface area contributed by atoms with E-state index >= 15 is 0 Å². The van der Waals surface area contributed by atoms with Crippen LogP contribution in [0.25, 0.3) is 16.8 Å². The highest BCUT2D eigenvalue weighted by atomic mass is 32.1. The molecule has 194 valence electrons. The van der Waals surface area contributed by atoms with Crippen LogP contribution in [0.15, 0.2) is 81.7 Å². The fourth-order valence-electron chi connectivity index (χ4n) is 4.75. The van der Waals surface area contributed by atoms with E-state index in [4.69, 9.17) is 14.2 Å². The summed E-state index contributed by atoms with van der Waals surface area (Å²) in [6.07, 6.45) is 1.85.